The zero-order valence-electron chi connectivity index (χ0n) is 18.9. The topological polar surface area (TPSA) is 89.3 Å². The molecule has 1 unspecified atom stereocenters. The number of rotatable bonds is 7. The molecule has 3 heterocycles. The van der Waals surface area contributed by atoms with E-state index in [4.69, 9.17) is 9.72 Å². The average molecular weight is 464 g/mol. The Morgan fingerprint density at radius 1 is 1.24 bits per heavy atom. The number of methoxy groups -OCH3 is 1. The van der Waals surface area contributed by atoms with E-state index in [1.807, 2.05) is 48.2 Å². The Balaban J connectivity index is 1.83. The summed E-state index contributed by atoms with van der Waals surface area (Å²) in [5, 5.41) is 4.80. The molecule has 8 nitrogen and oxygen atoms in total. The second kappa shape index (κ2) is 9.51. The maximum atomic E-state index is 13.7. The van der Waals surface area contributed by atoms with Gasteiger partial charge in [-0.3, -0.25) is 14.6 Å². The Labute approximate surface area is 195 Å². The van der Waals surface area contributed by atoms with Gasteiger partial charge in [0.15, 0.2) is 0 Å². The molecule has 1 N–H and O–H groups in total. The number of hydrogen-bond donors (Lipinski definition) is 1. The Morgan fingerprint density at radius 2 is 2.00 bits per heavy atom. The lowest BCUT2D eigenvalue weighted by atomic mass is 10.1. The maximum Gasteiger partial charge on any atom is 0.256 e. The van der Waals surface area contributed by atoms with Crippen LogP contribution in [0.5, 0.6) is 0 Å². The number of carbonyl (C=O) groups is 2. The minimum Gasteiger partial charge on any atom is -0.375 e. The molecule has 170 valence electrons. The van der Waals surface area contributed by atoms with Crippen molar-refractivity contribution in [2.45, 2.75) is 13.0 Å². The number of benzene rings is 1. The van der Waals surface area contributed by atoms with Gasteiger partial charge in [0.2, 0.25) is 5.91 Å². The summed E-state index contributed by atoms with van der Waals surface area (Å²) in [5.74, 6) is 0.240. The van der Waals surface area contributed by atoms with Crippen LogP contribution in [0.25, 0.3) is 22.4 Å². The fraction of sp³-hybridized carbons (Fsp3) is 0.250. The largest absolute Gasteiger partial charge is 0.375 e. The summed E-state index contributed by atoms with van der Waals surface area (Å²) in [5.41, 5.74) is 3.14. The zero-order valence-corrected chi connectivity index (χ0v) is 19.7. The van der Waals surface area contributed by atoms with E-state index in [0.29, 0.717) is 28.1 Å². The van der Waals surface area contributed by atoms with E-state index in [1.54, 1.807) is 47.8 Å². The number of pyridine rings is 1. The molecule has 1 atom stereocenters. The summed E-state index contributed by atoms with van der Waals surface area (Å²) in [7, 11) is 5.13. The van der Waals surface area contributed by atoms with Gasteiger partial charge in [-0.1, -0.05) is 6.07 Å². The second-order valence-electron chi connectivity index (χ2n) is 7.71. The quantitative estimate of drug-likeness (QED) is 0.445. The van der Waals surface area contributed by atoms with Crippen LogP contribution in [0.4, 0.5) is 5.69 Å². The van der Waals surface area contributed by atoms with E-state index in [0.717, 1.165) is 10.4 Å². The minimum atomic E-state index is -0.305. The van der Waals surface area contributed by atoms with Crippen molar-refractivity contribution in [1.82, 2.24) is 19.4 Å². The molecule has 0 saturated carbocycles. The number of ether oxygens (including phenoxy) is 1. The SMILES string of the molecule is COCC(=O)Nc1cc(C(=O)N(C)C(C)c2cccs2)c2c(c1)nc(-c1ccncc1)n2C. The Kier molecular flexibility index (Phi) is 6.52. The highest BCUT2D eigenvalue weighted by atomic mass is 32.1. The summed E-state index contributed by atoms with van der Waals surface area (Å²) in [4.78, 5) is 37.5. The third kappa shape index (κ3) is 4.50. The third-order valence-corrected chi connectivity index (χ3v) is 6.60. The number of imidazole rings is 1. The normalized spacial score (nSPS) is 12.0. The standard InChI is InChI=1S/C24H25N5O3S/c1-15(20-6-5-11-33-20)28(2)24(31)18-12-17(26-21(30)14-32-4)13-19-22(18)29(3)23(27-19)16-7-9-25-10-8-16/h5-13,15H,14H2,1-4H3,(H,26,30). The first-order chi connectivity index (χ1) is 15.9. The molecule has 0 fully saturated rings. The van der Waals surface area contributed by atoms with Crippen LogP contribution in [0.3, 0.4) is 0 Å². The van der Waals surface area contributed by atoms with Crippen LogP contribution in [0.1, 0.15) is 28.2 Å². The van der Waals surface area contributed by atoms with Crippen LogP contribution in [-0.2, 0) is 16.6 Å². The van der Waals surface area contributed by atoms with Gasteiger partial charge in [-0.25, -0.2) is 4.98 Å². The van der Waals surface area contributed by atoms with Gasteiger partial charge < -0.3 is 19.5 Å². The lowest BCUT2D eigenvalue weighted by molar-refractivity contribution is -0.119. The van der Waals surface area contributed by atoms with Gasteiger partial charge in [0.25, 0.3) is 5.91 Å². The van der Waals surface area contributed by atoms with Gasteiger partial charge in [0.1, 0.15) is 12.4 Å². The van der Waals surface area contributed by atoms with Crippen molar-refractivity contribution in [3.8, 4) is 11.4 Å². The third-order valence-electron chi connectivity index (χ3n) is 5.55. The highest BCUT2D eigenvalue weighted by Gasteiger charge is 2.25. The minimum absolute atomic E-state index is 0.0822. The fourth-order valence-corrected chi connectivity index (χ4v) is 4.59. The van der Waals surface area contributed by atoms with Crippen molar-refractivity contribution in [2.24, 2.45) is 7.05 Å². The number of aromatic nitrogens is 3. The number of hydrogen-bond acceptors (Lipinski definition) is 6. The van der Waals surface area contributed by atoms with Crippen LogP contribution in [-0.4, -0.2) is 52.0 Å². The van der Waals surface area contributed by atoms with E-state index < -0.39 is 0 Å². The summed E-state index contributed by atoms with van der Waals surface area (Å²) >= 11 is 1.61. The summed E-state index contributed by atoms with van der Waals surface area (Å²) in [6.07, 6.45) is 3.40. The molecule has 33 heavy (non-hydrogen) atoms. The molecule has 2 amide bonds. The monoisotopic (exact) mass is 463 g/mol. The van der Waals surface area contributed by atoms with Crippen LogP contribution in [0.15, 0.2) is 54.2 Å². The zero-order chi connectivity index (χ0) is 23.5. The number of aryl methyl sites for hydroxylation is 1. The van der Waals surface area contributed by atoms with Gasteiger partial charge >= 0.3 is 0 Å². The van der Waals surface area contributed by atoms with E-state index in [-0.39, 0.29) is 24.5 Å². The average Bonchev–Trinajstić information content (AvgIpc) is 3.46. The van der Waals surface area contributed by atoms with E-state index >= 15 is 0 Å². The number of anilines is 1. The van der Waals surface area contributed by atoms with Crippen molar-refractivity contribution in [3.05, 3.63) is 64.6 Å². The van der Waals surface area contributed by atoms with Crippen molar-refractivity contribution in [2.75, 3.05) is 26.1 Å². The predicted octanol–water partition coefficient (Wildman–Crippen LogP) is 4.11. The number of nitrogens with zero attached hydrogens (tertiary/aromatic N) is 4. The van der Waals surface area contributed by atoms with Gasteiger partial charge in [0.05, 0.1) is 22.6 Å². The van der Waals surface area contributed by atoms with Crippen LogP contribution in [0.2, 0.25) is 0 Å². The van der Waals surface area contributed by atoms with Crippen LogP contribution >= 0.6 is 11.3 Å². The molecule has 0 bridgehead atoms. The number of nitrogens with one attached hydrogen (secondary N) is 1. The number of amides is 2. The highest BCUT2D eigenvalue weighted by Crippen LogP contribution is 2.31. The maximum absolute atomic E-state index is 13.7. The van der Waals surface area contributed by atoms with Crippen molar-refractivity contribution in [1.29, 1.82) is 0 Å². The summed E-state index contributed by atoms with van der Waals surface area (Å²) in [6, 6.07) is 11.1. The van der Waals surface area contributed by atoms with Gasteiger partial charge in [-0.15, -0.1) is 11.3 Å². The predicted molar refractivity (Wildman–Crippen MR) is 129 cm³/mol. The Morgan fingerprint density at radius 3 is 2.67 bits per heavy atom. The van der Waals surface area contributed by atoms with Crippen LogP contribution in [0, 0.1) is 0 Å². The molecule has 0 saturated heterocycles. The fourth-order valence-electron chi connectivity index (χ4n) is 3.76. The number of thiophene rings is 1. The lowest BCUT2D eigenvalue weighted by Crippen LogP contribution is -2.30. The first-order valence-corrected chi connectivity index (χ1v) is 11.3. The first kappa shape index (κ1) is 22.6. The molecule has 4 rings (SSSR count). The molecule has 4 aromatic rings. The van der Waals surface area contributed by atoms with E-state index in [1.165, 1.54) is 7.11 Å². The van der Waals surface area contributed by atoms with Crippen molar-refractivity contribution in [3.63, 3.8) is 0 Å². The molecular formula is C24H25N5O3S. The smallest absolute Gasteiger partial charge is 0.256 e. The molecule has 0 spiro atoms. The summed E-state index contributed by atoms with van der Waals surface area (Å²) in [6.45, 7) is 1.91. The summed E-state index contributed by atoms with van der Waals surface area (Å²) < 4.78 is 6.83. The molecule has 9 heteroatoms. The van der Waals surface area contributed by atoms with Gasteiger partial charge in [0, 0.05) is 49.7 Å². The second-order valence-corrected chi connectivity index (χ2v) is 8.69. The highest BCUT2D eigenvalue weighted by molar-refractivity contribution is 7.10. The molecule has 0 aliphatic heterocycles. The molecule has 3 aromatic heterocycles. The van der Waals surface area contributed by atoms with E-state index in [9.17, 15) is 9.59 Å². The van der Waals surface area contributed by atoms with Gasteiger partial charge in [-0.05, 0) is 42.6 Å². The molecular weight excluding hydrogens is 438 g/mol. The molecule has 1 aromatic carbocycles. The first-order valence-electron chi connectivity index (χ1n) is 10.4. The van der Waals surface area contributed by atoms with Crippen molar-refractivity contribution < 1.29 is 14.3 Å². The number of carbonyl (C=O) groups excluding carboxylic acids is 2. The molecule has 0 radical (unpaired) electrons. The van der Waals surface area contributed by atoms with Gasteiger partial charge in [-0.2, -0.15) is 0 Å². The van der Waals surface area contributed by atoms with Crippen LogP contribution < -0.4 is 5.32 Å². The Bertz CT molecular complexity index is 1280. The Hall–Kier alpha value is -3.56. The van der Waals surface area contributed by atoms with E-state index in [2.05, 4.69) is 10.3 Å². The molecule has 0 aliphatic rings. The lowest BCUT2D eigenvalue weighted by Gasteiger charge is -2.25. The van der Waals surface area contributed by atoms with Crippen molar-refractivity contribution >= 4 is 39.9 Å². The molecule has 0 aliphatic carbocycles. The number of fused-ring (bicyclic) bond motifs is 1.